The van der Waals surface area contributed by atoms with E-state index in [-0.39, 0.29) is 0 Å². The van der Waals surface area contributed by atoms with Crippen molar-refractivity contribution >= 4 is 6.08 Å². The van der Waals surface area contributed by atoms with Crippen molar-refractivity contribution in [1.82, 2.24) is 0 Å². The van der Waals surface area contributed by atoms with E-state index in [0.717, 1.165) is 6.42 Å². The fourth-order valence-corrected chi connectivity index (χ4v) is 1.46. The van der Waals surface area contributed by atoms with Gasteiger partial charge < -0.3 is 0 Å². The van der Waals surface area contributed by atoms with Gasteiger partial charge in [-0.25, -0.2) is 0 Å². The number of allylic oxidation sites excluding steroid dienone is 1. The van der Waals surface area contributed by atoms with E-state index in [0.29, 0.717) is 0 Å². The average molecular weight is 193 g/mol. The van der Waals surface area contributed by atoms with Crippen LogP contribution in [0.15, 0.2) is 60.7 Å². The first-order valence-electron chi connectivity index (χ1n) is 5.12. The van der Waals surface area contributed by atoms with Crippen molar-refractivity contribution in [3.63, 3.8) is 0 Å². The zero-order chi connectivity index (χ0) is 10.3. The zero-order valence-electron chi connectivity index (χ0n) is 8.56. The molecule has 0 saturated heterocycles. The summed E-state index contributed by atoms with van der Waals surface area (Å²) in [5.41, 5.74) is 2.57. The topological polar surface area (TPSA) is 0 Å². The van der Waals surface area contributed by atoms with Crippen LogP contribution in [0.4, 0.5) is 0 Å². The molecule has 73 valence electrons. The molecule has 0 heteroatoms. The first-order valence-corrected chi connectivity index (χ1v) is 5.12. The van der Waals surface area contributed by atoms with E-state index in [1.54, 1.807) is 0 Å². The van der Waals surface area contributed by atoms with Crippen LogP contribution >= 0.6 is 0 Å². The Hall–Kier alpha value is -1.82. The minimum atomic E-state index is 0.986. The van der Waals surface area contributed by atoms with Gasteiger partial charge >= 0.3 is 0 Å². The molecule has 0 heterocycles. The Morgan fingerprint density at radius 3 is 2.40 bits per heavy atom. The highest BCUT2D eigenvalue weighted by Crippen LogP contribution is 2.04. The molecule has 0 bridgehead atoms. The second kappa shape index (κ2) is 5.16. The Bertz CT molecular complexity index is 412. The van der Waals surface area contributed by atoms with E-state index >= 15 is 0 Å². The summed E-state index contributed by atoms with van der Waals surface area (Å²) in [6, 6.07) is 21.5. The Labute approximate surface area is 90.9 Å². The molecule has 0 nitrogen and oxygen atoms in total. The van der Waals surface area contributed by atoms with Crippen LogP contribution in [0.2, 0.25) is 0 Å². The summed E-state index contributed by atoms with van der Waals surface area (Å²) in [5.74, 6) is 0. The predicted molar refractivity (Wildman–Crippen MR) is 64.5 cm³/mol. The van der Waals surface area contributed by atoms with Gasteiger partial charge in [0, 0.05) is 0 Å². The molecule has 0 saturated carbocycles. The van der Waals surface area contributed by atoms with Crippen molar-refractivity contribution in [3.05, 3.63) is 77.9 Å². The molecule has 0 unspecified atom stereocenters. The lowest BCUT2D eigenvalue weighted by molar-refractivity contribution is 1.28. The Kier molecular flexibility index (Phi) is 3.34. The summed E-state index contributed by atoms with van der Waals surface area (Å²) in [7, 11) is 0. The van der Waals surface area contributed by atoms with E-state index in [1.807, 2.05) is 18.2 Å². The lowest BCUT2D eigenvalue weighted by Gasteiger charge is -1.94. The fourth-order valence-electron chi connectivity index (χ4n) is 1.46. The third-order valence-electron chi connectivity index (χ3n) is 2.25. The Balaban J connectivity index is 1.97. The van der Waals surface area contributed by atoms with Crippen LogP contribution in [0.5, 0.6) is 0 Å². The minimum Gasteiger partial charge on any atom is -0.0795 e. The van der Waals surface area contributed by atoms with Crippen LogP contribution in [0.3, 0.4) is 0 Å². The number of rotatable bonds is 3. The molecule has 0 aromatic heterocycles. The van der Waals surface area contributed by atoms with Gasteiger partial charge in [0.1, 0.15) is 0 Å². The van der Waals surface area contributed by atoms with E-state index in [4.69, 9.17) is 0 Å². The lowest BCUT2D eigenvalue weighted by atomic mass is 10.1. The first-order chi connectivity index (χ1) is 7.45. The van der Waals surface area contributed by atoms with Crippen molar-refractivity contribution in [2.24, 2.45) is 0 Å². The smallest absolute Gasteiger partial charge is 0.00941 e. The molecule has 2 aromatic rings. The molecule has 15 heavy (non-hydrogen) atoms. The maximum Gasteiger partial charge on any atom is -0.00941 e. The SMILES string of the molecule is [c]1ccc(/C=C/Cc2ccccc2)cc1. The van der Waals surface area contributed by atoms with Gasteiger partial charge in [-0.1, -0.05) is 66.7 Å². The van der Waals surface area contributed by atoms with Crippen molar-refractivity contribution in [1.29, 1.82) is 0 Å². The molecule has 0 amide bonds. The van der Waals surface area contributed by atoms with Crippen LogP contribution in [-0.2, 0) is 6.42 Å². The van der Waals surface area contributed by atoms with Crippen molar-refractivity contribution in [3.8, 4) is 0 Å². The first kappa shape index (κ1) is 9.72. The van der Waals surface area contributed by atoms with Crippen LogP contribution in [0.1, 0.15) is 11.1 Å². The van der Waals surface area contributed by atoms with Crippen LogP contribution in [-0.4, -0.2) is 0 Å². The van der Waals surface area contributed by atoms with Gasteiger partial charge in [-0.2, -0.15) is 0 Å². The number of benzene rings is 2. The van der Waals surface area contributed by atoms with Gasteiger partial charge in [0.2, 0.25) is 0 Å². The quantitative estimate of drug-likeness (QED) is 0.696. The molecule has 0 spiro atoms. The standard InChI is InChI=1S/C15H13/c1-3-8-14(9-4-1)12-7-13-15-10-5-2-6-11-15/h1,3-11,13H,12H2/b13-7+. The van der Waals surface area contributed by atoms with Gasteiger partial charge in [-0.05, 0) is 23.6 Å². The summed E-state index contributed by atoms with van der Waals surface area (Å²) in [4.78, 5) is 0. The third kappa shape index (κ3) is 3.10. The van der Waals surface area contributed by atoms with Crippen LogP contribution in [0.25, 0.3) is 6.08 Å². The molecule has 0 aliphatic carbocycles. The van der Waals surface area contributed by atoms with E-state index in [1.165, 1.54) is 11.1 Å². The minimum absolute atomic E-state index is 0.986. The summed E-state index contributed by atoms with van der Waals surface area (Å²) >= 11 is 0. The highest BCUT2D eigenvalue weighted by Gasteiger charge is 1.86. The monoisotopic (exact) mass is 193 g/mol. The van der Waals surface area contributed by atoms with Crippen LogP contribution in [0, 0.1) is 6.07 Å². The summed E-state index contributed by atoms with van der Waals surface area (Å²) in [6.45, 7) is 0. The van der Waals surface area contributed by atoms with Crippen molar-refractivity contribution in [2.75, 3.05) is 0 Å². The molecule has 0 atom stereocenters. The third-order valence-corrected chi connectivity index (χ3v) is 2.25. The highest BCUT2D eigenvalue weighted by atomic mass is 13.9. The summed E-state index contributed by atoms with van der Waals surface area (Å²) in [6.07, 6.45) is 5.31. The average Bonchev–Trinajstić information content (AvgIpc) is 2.32. The predicted octanol–water partition coefficient (Wildman–Crippen LogP) is 3.74. The van der Waals surface area contributed by atoms with E-state index in [2.05, 4.69) is 54.6 Å². The second-order valence-corrected chi connectivity index (χ2v) is 3.43. The molecule has 0 aliphatic heterocycles. The number of hydrogen-bond acceptors (Lipinski definition) is 0. The summed E-state index contributed by atoms with van der Waals surface area (Å²) in [5, 5.41) is 0. The maximum atomic E-state index is 3.01. The molecule has 0 aliphatic rings. The molecule has 0 fully saturated rings. The van der Waals surface area contributed by atoms with Gasteiger partial charge in [-0.15, -0.1) is 0 Å². The zero-order valence-corrected chi connectivity index (χ0v) is 8.56. The van der Waals surface area contributed by atoms with Gasteiger partial charge in [0.15, 0.2) is 0 Å². The Morgan fingerprint density at radius 1 is 0.933 bits per heavy atom. The van der Waals surface area contributed by atoms with Gasteiger partial charge in [0.05, 0.1) is 0 Å². The van der Waals surface area contributed by atoms with E-state index < -0.39 is 0 Å². The molecule has 1 radical (unpaired) electrons. The lowest BCUT2D eigenvalue weighted by Crippen LogP contribution is -1.78. The second-order valence-electron chi connectivity index (χ2n) is 3.43. The molecular weight excluding hydrogens is 180 g/mol. The molecule has 0 N–H and O–H groups in total. The van der Waals surface area contributed by atoms with Crippen molar-refractivity contribution < 1.29 is 0 Å². The highest BCUT2D eigenvalue weighted by molar-refractivity contribution is 5.49. The van der Waals surface area contributed by atoms with Gasteiger partial charge in [-0.3, -0.25) is 0 Å². The van der Waals surface area contributed by atoms with E-state index in [9.17, 15) is 0 Å². The molecular formula is C15H13. The van der Waals surface area contributed by atoms with Gasteiger partial charge in [0.25, 0.3) is 0 Å². The normalized spacial score (nSPS) is 10.7. The molecule has 2 rings (SSSR count). The van der Waals surface area contributed by atoms with Crippen LogP contribution < -0.4 is 0 Å². The largest absolute Gasteiger partial charge is 0.0795 e. The Morgan fingerprint density at radius 2 is 1.67 bits per heavy atom. The maximum absolute atomic E-state index is 3.01. The van der Waals surface area contributed by atoms with Crippen molar-refractivity contribution in [2.45, 2.75) is 6.42 Å². The number of hydrogen-bond donors (Lipinski definition) is 0. The molecule has 2 aromatic carbocycles. The summed E-state index contributed by atoms with van der Waals surface area (Å²) < 4.78 is 0. The fraction of sp³-hybridized carbons (Fsp3) is 0.0667.